The first-order chi connectivity index (χ1) is 8.88. The average Bonchev–Trinajstić information content (AvgIpc) is 2.33. The van der Waals surface area contributed by atoms with E-state index in [9.17, 15) is 12.8 Å². The van der Waals surface area contributed by atoms with Crippen LogP contribution in [0.5, 0.6) is 0 Å². The zero-order valence-electron chi connectivity index (χ0n) is 9.61. The molecule has 0 atom stereocenters. The van der Waals surface area contributed by atoms with Crippen molar-refractivity contribution < 1.29 is 12.8 Å². The number of rotatable bonds is 3. The molecule has 2 aromatic rings. The Hall–Kier alpha value is -0.910. The van der Waals surface area contributed by atoms with Crippen LogP contribution in [0.1, 0.15) is 5.56 Å². The molecule has 0 unspecified atom stereocenters. The quantitative estimate of drug-likeness (QED) is 0.818. The second-order valence-electron chi connectivity index (χ2n) is 3.95. The molecule has 0 saturated carbocycles. The molecule has 2 aromatic carbocycles. The van der Waals surface area contributed by atoms with Gasteiger partial charge in [0.25, 0.3) is 0 Å². The molecular weight excluding hydrogens is 355 g/mol. The predicted octanol–water partition coefficient (Wildman–Crippen LogP) is 4.22. The van der Waals surface area contributed by atoms with Gasteiger partial charge >= 0.3 is 0 Å². The van der Waals surface area contributed by atoms with E-state index in [0.29, 0.717) is 9.50 Å². The Morgan fingerprint density at radius 1 is 1.11 bits per heavy atom. The van der Waals surface area contributed by atoms with Crippen molar-refractivity contribution in [1.29, 1.82) is 0 Å². The lowest BCUT2D eigenvalue weighted by molar-refractivity contribution is 0.587. The second-order valence-corrected chi connectivity index (χ2v) is 7.29. The van der Waals surface area contributed by atoms with E-state index in [4.69, 9.17) is 11.6 Å². The van der Waals surface area contributed by atoms with Gasteiger partial charge in [-0.2, -0.15) is 0 Å². The van der Waals surface area contributed by atoms with Crippen molar-refractivity contribution in [3.05, 3.63) is 63.3 Å². The van der Waals surface area contributed by atoms with Gasteiger partial charge in [0.15, 0.2) is 9.84 Å². The van der Waals surface area contributed by atoms with Crippen molar-refractivity contribution in [3.63, 3.8) is 0 Å². The van der Waals surface area contributed by atoms with E-state index in [1.54, 1.807) is 6.07 Å². The summed E-state index contributed by atoms with van der Waals surface area (Å²) in [5, 5.41) is 0.453. The van der Waals surface area contributed by atoms with Crippen molar-refractivity contribution in [1.82, 2.24) is 0 Å². The highest BCUT2D eigenvalue weighted by Gasteiger charge is 2.17. The summed E-state index contributed by atoms with van der Waals surface area (Å²) < 4.78 is 38.5. The van der Waals surface area contributed by atoms with Crippen LogP contribution in [-0.2, 0) is 15.6 Å². The van der Waals surface area contributed by atoms with Crippen LogP contribution < -0.4 is 0 Å². The Kier molecular flexibility index (Phi) is 4.28. The van der Waals surface area contributed by atoms with E-state index >= 15 is 0 Å². The Morgan fingerprint density at radius 3 is 2.32 bits per heavy atom. The molecule has 19 heavy (non-hydrogen) atoms. The van der Waals surface area contributed by atoms with Crippen LogP contribution in [-0.4, -0.2) is 8.42 Å². The van der Waals surface area contributed by atoms with Crippen LogP contribution in [0.25, 0.3) is 0 Å². The predicted molar refractivity (Wildman–Crippen MR) is 76.4 cm³/mol. The topological polar surface area (TPSA) is 34.1 Å². The fraction of sp³-hybridized carbons (Fsp3) is 0.0769. The van der Waals surface area contributed by atoms with Gasteiger partial charge in [-0.25, -0.2) is 12.8 Å². The van der Waals surface area contributed by atoms with E-state index < -0.39 is 15.7 Å². The van der Waals surface area contributed by atoms with Gasteiger partial charge < -0.3 is 0 Å². The second kappa shape index (κ2) is 5.61. The van der Waals surface area contributed by atoms with Crippen LogP contribution in [0, 0.1) is 5.82 Å². The average molecular weight is 364 g/mol. The summed E-state index contributed by atoms with van der Waals surface area (Å²) in [6.45, 7) is 0. The summed E-state index contributed by atoms with van der Waals surface area (Å²) in [6.07, 6.45) is 0. The molecule has 0 radical (unpaired) electrons. The summed E-state index contributed by atoms with van der Waals surface area (Å²) >= 11 is 8.83. The zero-order valence-corrected chi connectivity index (χ0v) is 12.8. The fourth-order valence-electron chi connectivity index (χ4n) is 1.57. The molecule has 0 saturated heterocycles. The van der Waals surface area contributed by atoms with E-state index in [1.807, 2.05) is 0 Å². The molecule has 0 spiro atoms. The maximum Gasteiger partial charge on any atom is 0.182 e. The van der Waals surface area contributed by atoms with Gasteiger partial charge in [-0.15, -0.1) is 0 Å². The monoisotopic (exact) mass is 362 g/mol. The SMILES string of the molecule is O=S(=O)(Cc1ccc(Br)cc1F)c1ccc(Cl)cc1. The smallest absolute Gasteiger partial charge is 0.182 e. The molecule has 100 valence electrons. The molecule has 0 aliphatic carbocycles. The third-order valence-corrected chi connectivity index (χ3v) is 4.96. The molecule has 0 aliphatic heterocycles. The van der Waals surface area contributed by atoms with Gasteiger partial charge in [0.05, 0.1) is 10.6 Å². The Labute approximate surface area is 124 Å². The van der Waals surface area contributed by atoms with Crippen LogP contribution in [0.4, 0.5) is 4.39 Å². The molecule has 2 nitrogen and oxygen atoms in total. The number of hydrogen-bond acceptors (Lipinski definition) is 2. The first-order valence-electron chi connectivity index (χ1n) is 5.31. The highest BCUT2D eigenvalue weighted by Crippen LogP contribution is 2.22. The van der Waals surface area contributed by atoms with Gasteiger partial charge in [-0.05, 0) is 36.4 Å². The molecule has 0 amide bonds. The molecule has 0 N–H and O–H groups in total. The molecular formula is C13H9BrClFO2S. The van der Waals surface area contributed by atoms with Crippen molar-refractivity contribution in [3.8, 4) is 0 Å². The van der Waals surface area contributed by atoms with Crippen molar-refractivity contribution in [2.75, 3.05) is 0 Å². The minimum atomic E-state index is -3.58. The summed E-state index contributed by atoms with van der Waals surface area (Å²) in [4.78, 5) is 0.124. The van der Waals surface area contributed by atoms with E-state index in [2.05, 4.69) is 15.9 Å². The number of sulfone groups is 1. The van der Waals surface area contributed by atoms with Crippen LogP contribution in [0.15, 0.2) is 51.8 Å². The first kappa shape index (κ1) is 14.5. The highest BCUT2D eigenvalue weighted by atomic mass is 79.9. The lowest BCUT2D eigenvalue weighted by Crippen LogP contribution is -2.06. The maximum absolute atomic E-state index is 13.6. The van der Waals surface area contributed by atoms with Gasteiger partial charge in [-0.3, -0.25) is 0 Å². The standard InChI is InChI=1S/C13H9BrClFO2S/c14-10-2-1-9(13(16)7-10)8-19(17,18)12-5-3-11(15)4-6-12/h1-7H,8H2. The van der Waals surface area contributed by atoms with Crippen LogP contribution in [0.2, 0.25) is 5.02 Å². The maximum atomic E-state index is 13.6. The van der Waals surface area contributed by atoms with Crippen LogP contribution in [0.3, 0.4) is 0 Å². The Morgan fingerprint density at radius 2 is 1.74 bits per heavy atom. The van der Waals surface area contributed by atoms with Gasteiger partial charge in [0.1, 0.15) is 5.82 Å². The van der Waals surface area contributed by atoms with Gasteiger partial charge in [0, 0.05) is 15.1 Å². The minimum absolute atomic E-state index is 0.124. The number of hydrogen-bond donors (Lipinski definition) is 0. The van der Waals surface area contributed by atoms with Crippen molar-refractivity contribution >= 4 is 37.4 Å². The van der Waals surface area contributed by atoms with Crippen molar-refractivity contribution in [2.24, 2.45) is 0 Å². The summed E-state index contributed by atoms with van der Waals surface area (Å²) in [5.74, 6) is -0.930. The van der Waals surface area contributed by atoms with Crippen LogP contribution >= 0.6 is 27.5 Å². The van der Waals surface area contributed by atoms with E-state index in [1.165, 1.54) is 36.4 Å². The molecule has 2 rings (SSSR count). The molecule has 0 aliphatic rings. The third kappa shape index (κ3) is 3.55. The van der Waals surface area contributed by atoms with Gasteiger partial charge in [0.2, 0.25) is 0 Å². The van der Waals surface area contributed by atoms with E-state index in [-0.39, 0.29) is 16.2 Å². The zero-order chi connectivity index (χ0) is 14.0. The van der Waals surface area contributed by atoms with E-state index in [0.717, 1.165) is 0 Å². The fourth-order valence-corrected chi connectivity index (χ4v) is 3.39. The van der Waals surface area contributed by atoms with Crippen molar-refractivity contribution in [2.45, 2.75) is 10.6 Å². The third-order valence-electron chi connectivity index (χ3n) is 2.53. The summed E-state index contributed by atoms with van der Waals surface area (Å²) in [5.41, 5.74) is 0.137. The first-order valence-corrected chi connectivity index (χ1v) is 8.13. The summed E-state index contributed by atoms with van der Waals surface area (Å²) in [6, 6.07) is 10.1. The Balaban J connectivity index is 2.33. The lowest BCUT2D eigenvalue weighted by atomic mass is 10.2. The van der Waals surface area contributed by atoms with Gasteiger partial charge in [-0.1, -0.05) is 33.6 Å². The number of benzene rings is 2. The molecule has 0 fully saturated rings. The largest absolute Gasteiger partial charge is 0.223 e. The minimum Gasteiger partial charge on any atom is -0.223 e. The molecule has 0 bridgehead atoms. The molecule has 0 heterocycles. The number of halogens is 3. The molecule has 0 aromatic heterocycles. The Bertz CT molecular complexity index is 699. The molecule has 6 heteroatoms. The lowest BCUT2D eigenvalue weighted by Gasteiger charge is -2.06. The summed E-state index contributed by atoms with van der Waals surface area (Å²) in [7, 11) is -3.58. The highest BCUT2D eigenvalue weighted by molar-refractivity contribution is 9.10. The normalized spacial score (nSPS) is 11.5.